The van der Waals surface area contributed by atoms with Gasteiger partial charge < -0.3 is 19.9 Å². The number of aromatic nitrogens is 2. The Morgan fingerprint density at radius 1 is 1.12 bits per heavy atom. The standard InChI is InChI=1S/C21H22BrN5O4S/c1-2-29-18-11-14(13-24-25-19(28)12-20-26-27-21(23)32-20)3-8-17(18)31-10-9-30-16-6-4-15(22)5-7-16/h3-8,11,13H,2,9-10,12H2,1H3,(H2,23,27)(H,25,28)/b24-13-. The van der Waals surface area contributed by atoms with Crippen molar-refractivity contribution in [3.8, 4) is 17.2 Å². The van der Waals surface area contributed by atoms with Gasteiger partial charge in [0.05, 0.1) is 19.2 Å². The molecule has 0 radical (unpaired) electrons. The SMILES string of the molecule is CCOc1cc(/C=N\NC(=O)Cc2nnc(N)s2)ccc1OCCOc1ccc(Br)cc1. The van der Waals surface area contributed by atoms with Crippen molar-refractivity contribution >= 4 is 44.5 Å². The van der Waals surface area contributed by atoms with Crippen LogP contribution in [0.3, 0.4) is 0 Å². The van der Waals surface area contributed by atoms with E-state index in [1.165, 1.54) is 6.21 Å². The third kappa shape index (κ3) is 7.50. The number of anilines is 1. The topological polar surface area (TPSA) is 121 Å². The lowest BCUT2D eigenvalue weighted by Gasteiger charge is -2.13. The first kappa shape index (κ1) is 23.5. The maximum absolute atomic E-state index is 11.9. The van der Waals surface area contributed by atoms with Crippen molar-refractivity contribution in [2.24, 2.45) is 5.10 Å². The maximum atomic E-state index is 11.9. The Bertz CT molecular complexity index is 1060. The molecule has 0 fully saturated rings. The molecule has 32 heavy (non-hydrogen) atoms. The van der Waals surface area contributed by atoms with Crippen molar-refractivity contribution in [3.05, 3.63) is 57.5 Å². The number of carbonyl (C=O) groups excluding carboxylic acids is 1. The highest BCUT2D eigenvalue weighted by molar-refractivity contribution is 9.10. The number of hydrazone groups is 1. The number of nitrogens with zero attached hydrogens (tertiary/aromatic N) is 3. The predicted octanol–water partition coefficient (Wildman–Crippen LogP) is 3.43. The van der Waals surface area contributed by atoms with Crippen LogP contribution in [0.25, 0.3) is 0 Å². The number of carbonyl (C=O) groups is 1. The molecule has 0 aliphatic heterocycles. The van der Waals surface area contributed by atoms with Crippen LogP contribution < -0.4 is 25.4 Å². The van der Waals surface area contributed by atoms with Crippen LogP contribution in [0, 0.1) is 0 Å². The lowest BCUT2D eigenvalue weighted by atomic mass is 10.2. The number of halogens is 1. The summed E-state index contributed by atoms with van der Waals surface area (Å²) in [6, 6.07) is 13.0. The number of nitrogens with one attached hydrogen (secondary N) is 1. The zero-order valence-electron chi connectivity index (χ0n) is 17.3. The van der Waals surface area contributed by atoms with Crippen LogP contribution in [0.1, 0.15) is 17.5 Å². The summed E-state index contributed by atoms with van der Waals surface area (Å²) in [5.74, 6) is 1.63. The van der Waals surface area contributed by atoms with Gasteiger partial charge in [0.15, 0.2) is 11.5 Å². The first-order chi connectivity index (χ1) is 15.5. The Balaban J connectivity index is 1.50. The molecule has 168 valence electrons. The van der Waals surface area contributed by atoms with Crippen LogP contribution in [0.4, 0.5) is 5.13 Å². The van der Waals surface area contributed by atoms with E-state index in [-0.39, 0.29) is 12.3 Å². The molecule has 3 aromatic rings. The van der Waals surface area contributed by atoms with Crippen molar-refractivity contribution < 1.29 is 19.0 Å². The average Bonchev–Trinajstić information content (AvgIpc) is 3.18. The largest absolute Gasteiger partial charge is 0.490 e. The van der Waals surface area contributed by atoms with Gasteiger partial charge in [0, 0.05) is 4.47 Å². The minimum Gasteiger partial charge on any atom is -0.490 e. The Morgan fingerprint density at radius 3 is 2.62 bits per heavy atom. The van der Waals surface area contributed by atoms with E-state index < -0.39 is 0 Å². The molecule has 1 heterocycles. The van der Waals surface area contributed by atoms with E-state index in [1.807, 2.05) is 37.3 Å². The van der Waals surface area contributed by atoms with E-state index in [4.69, 9.17) is 19.9 Å². The van der Waals surface area contributed by atoms with Gasteiger partial charge in [-0.15, -0.1) is 10.2 Å². The molecule has 11 heteroatoms. The van der Waals surface area contributed by atoms with Crippen molar-refractivity contribution in [2.75, 3.05) is 25.6 Å². The van der Waals surface area contributed by atoms with E-state index in [0.717, 1.165) is 27.1 Å². The van der Waals surface area contributed by atoms with Gasteiger partial charge >= 0.3 is 0 Å². The zero-order chi connectivity index (χ0) is 22.8. The molecule has 0 bridgehead atoms. The molecule has 3 rings (SSSR count). The van der Waals surface area contributed by atoms with Gasteiger partial charge in [0.25, 0.3) is 0 Å². The maximum Gasteiger partial charge on any atom is 0.247 e. The second-order valence-corrected chi connectivity index (χ2v) is 8.30. The second kappa shape index (κ2) is 12.0. The normalized spacial score (nSPS) is 10.8. The van der Waals surface area contributed by atoms with E-state index in [9.17, 15) is 4.79 Å². The van der Waals surface area contributed by atoms with Crippen molar-refractivity contribution in [3.63, 3.8) is 0 Å². The number of hydrogen-bond donors (Lipinski definition) is 2. The number of amides is 1. The van der Waals surface area contributed by atoms with Crippen LogP contribution >= 0.6 is 27.3 Å². The van der Waals surface area contributed by atoms with Gasteiger partial charge in [-0.25, -0.2) is 5.43 Å². The molecular weight excluding hydrogens is 498 g/mol. The van der Waals surface area contributed by atoms with E-state index in [1.54, 1.807) is 12.1 Å². The summed E-state index contributed by atoms with van der Waals surface area (Å²) in [5, 5.41) is 12.3. The van der Waals surface area contributed by atoms with Gasteiger partial charge in [-0.2, -0.15) is 5.10 Å². The van der Waals surface area contributed by atoms with Crippen LogP contribution in [-0.4, -0.2) is 42.1 Å². The highest BCUT2D eigenvalue weighted by Crippen LogP contribution is 2.28. The fourth-order valence-electron chi connectivity index (χ4n) is 2.53. The molecule has 3 N–H and O–H groups in total. The molecule has 0 spiro atoms. The Morgan fingerprint density at radius 2 is 1.91 bits per heavy atom. The molecule has 0 atom stereocenters. The molecule has 0 saturated heterocycles. The van der Waals surface area contributed by atoms with E-state index in [2.05, 4.69) is 36.7 Å². The monoisotopic (exact) mass is 519 g/mol. The Labute approximate surface area is 197 Å². The molecule has 9 nitrogen and oxygen atoms in total. The fourth-order valence-corrected chi connectivity index (χ4v) is 3.40. The molecule has 0 aliphatic rings. The highest BCUT2D eigenvalue weighted by atomic mass is 79.9. The lowest BCUT2D eigenvalue weighted by molar-refractivity contribution is -0.120. The average molecular weight is 520 g/mol. The lowest BCUT2D eigenvalue weighted by Crippen LogP contribution is -2.19. The van der Waals surface area contributed by atoms with Crippen molar-refractivity contribution in [2.45, 2.75) is 13.3 Å². The number of nitrogens with two attached hydrogens (primary N) is 1. The third-order valence-corrected chi connectivity index (χ3v) is 5.17. The van der Waals surface area contributed by atoms with Gasteiger partial charge in [-0.3, -0.25) is 4.79 Å². The first-order valence-corrected chi connectivity index (χ1v) is 11.3. The molecule has 1 aromatic heterocycles. The number of benzene rings is 2. The van der Waals surface area contributed by atoms with Gasteiger partial charge in [0.2, 0.25) is 11.0 Å². The summed E-state index contributed by atoms with van der Waals surface area (Å²) in [6.45, 7) is 3.12. The van der Waals surface area contributed by atoms with Crippen LogP contribution in [0.5, 0.6) is 17.2 Å². The number of rotatable bonds is 11. The van der Waals surface area contributed by atoms with Crippen molar-refractivity contribution in [1.82, 2.24) is 15.6 Å². The molecule has 0 aliphatic carbocycles. The smallest absolute Gasteiger partial charge is 0.247 e. The van der Waals surface area contributed by atoms with E-state index in [0.29, 0.717) is 41.5 Å². The third-order valence-electron chi connectivity index (χ3n) is 3.89. The molecule has 0 saturated carbocycles. The minimum atomic E-state index is -0.312. The quantitative estimate of drug-likeness (QED) is 0.226. The van der Waals surface area contributed by atoms with Crippen LogP contribution in [-0.2, 0) is 11.2 Å². The van der Waals surface area contributed by atoms with Crippen LogP contribution in [0.2, 0.25) is 0 Å². The summed E-state index contributed by atoms with van der Waals surface area (Å²) in [6.07, 6.45) is 1.58. The Kier molecular flexibility index (Phi) is 8.81. The summed E-state index contributed by atoms with van der Waals surface area (Å²) >= 11 is 4.55. The summed E-state index contributed by atoms with van der Waals surface area (Å²) < 4.78 is 18.1. The molecule has 2 aromatic carbocycles. The second-order valence-electron chi connectivity index (χ2n) is 6.29. The highest BCUT2D eigenvalue weighted by Gasteiger charge is 2.08. The summed E-state index contributed by atoms with van der Waals surface area (Å²) in [4.78, 5) is 11.9. The molecule has 0 unspecified atom stereocenters. The molecule has 1 amide bonds. The van der Waals surface area contributed by atoms with Gasteiger partial charge in [-0.1, -0.05) is 27.3 Å². The summed E-state index contributed by atoms with van der Waals surface area (Å²) in [7, 11) is 0. The zero-order valence-corrected chi connectivity index (χ0v) is 19.7. The Hall–Kier alpha value is -3.18. The predicted molar refractivity (Wildman–Crippen MR) is 127 cm³/mol. The summed E-state index contributed by atoms with van der Waals surface area (Å²) in [5.41, 5.74) is 8.70. The van der Waals surface area contributed by atoms with Crippen molar-refractivity contribution in [1.29, 1.82) is 0 Å². The fraction of sp³-hybridized carbons (Fsp3) is 0.238. The number of ether oxygens (including phenoxy) is 3. The van der Waals surface area contributed by atoms with Gasteiger partial charge in [0.1, 0.15) is 24.0 Å². The van der Waals surface area contributed by atoms with E-state index >= 15 is 0 Å². The van der Waals surface area contributed by atoms with Crippen LogP contribution in [0.15, 0.2) is 52.0 Å². The molecular formula is C21H22BrN5O4S. The number of nitrogen functional groups attached to an aromatic ring is 1. The first-order valence-electron chi connectivity index (χ1n) is 9.71. The van der Waals surface area contributed by atoms with Gasteiger partial charge in [-0.05, 0) is 55.0 Å². The number of hydrogen-bond acceptors (Lipinski definition) is 9. The minimum absolute atomic E-state index is 0.0610.